The molecule has 1 heterocycles. The Kier molecular flexibility index (Phi) is 7.87. The largest absolute Gasteiger partial charge is 0.383 e. The summed E-state index contributed by atoms with van der Waals surface area (Å²) in [6.07, 6.45) is 1.51. The summed E-state index contributed by atoms with van der Waals surface area (Å²) < 4.78 is 1.34. The molecule has 3 N–H and O–H groups in total. The predicted molar refractivity (Wildman–Crippen MR) is 133 cm³/mol. The third-order valence-corrected chi connectivity index (χ3v) is 5.55. The monoisotopic (exact) mass is 448 g/mol. The first-order chi connectivity index (χ1) is 15.8. The molecule has 3 rings (SSSR count). The number of carbonyl (C=O) groups is 1. The molecule has 3 aromatic rings. The molecule has 0 saturated carbocycles. The second kappa shape index (κ2) is 10.8. The lowest BCUT2D eigenvalue weighted by molar-refractivity contribution is -0.119. The van der Waals surface area contributed by atoms with Gasteiger partial charge in [0, 0.05) is 13.1 Å². The lowest BCUT2D eigenvalue weighted by Gasteiger charge is -2.29. The van der Waals surface area contributed by atoms with E-state index in [1.807, 2.05) is 81.4 Å². The number of hydrogen-bond acceptors (Lipinski definition) is 4. The number of rotatable bonds is 9. The molecule has 0 aliphatic heterocycles. The number of amides is 1. The number of hydrogen-bond donors (Lipinski definition) is 2. The average molecular weight is 449 g/mol. The molecule has 2 aromatic carbocycles. The Bertz CT molecular complexity index is 1140. The van der Waals surface area contributed by atoms with Gasteiger partial charge in [-0.05, 0) is 23.5 Å². The van der Waals surface area contributed by atoms with Crippen molar-refractivity contribution >= 4 is 17.4 Å². The van der Waals surface area contributed by atoms with Gasteiger partial charge in [0.25, 0.3) is 5.56 Å². The molecule has 0 saturated heterocycles. The van der Waals surface area contributed by atoms with Crippen molar-refractivity contribution < 1.29 is 4.79 Å². The molecule has 33 heavy (non-hydrogen) atoms. The Labute approximate surface area is 193 Å². The van der Waals surface area contributed by atoms with E-state index in [-0.39, 0.29) is 23.3 Å². The van der Waals surface area contributed by atoms with Gasteiger partial charge in [-0.3, -0.25) is 19.1 Å². The van der Waals surface area contributed by atoms with Crippen LogP contribution in [0, 0.1) is 5.92 Å². The highest BCUT2D eigenvalue weighted by Gasteiger charge is 2.31. The average Bonchev–Trinajstić information content (AvgIpc) is 2.80. The maximum atomic E-state index is 14.1. The molecule has 1 amide bonds. The number of unbranched alkanes of at least 4 members (excludes halogenated alkanes) is 1. The summed E-state index contributed by atoms with van der Waals surface area (Å²) in [4.78, 5) is 43.3. The molecule has 0 aliphatic rings. The first-order valence-electron chi connectivity index (χ1n) is 11.4. The van der Waals surface area contributed by atoms with Crippen LogP contribution in [0.4, 0.5) is 11.5 Å². The van der Waals surface area contributed by atoms with Crippen LogP contribution in [-0.2, 0) is 11.3 Å². The predicted octanol–water partition coefficient (Wildman–Crippen LogP) is 3.74. The van der Waals surface area contributed by atoms with Gasteiger partial charge in [0.05, 0.1) is 5.92 Å². The van der Waals surface area contributed by atoms with Gasteiger partial charge in [-0.15, -0.1) is 0 Å². The van der Waals surface area contributed by atoms with E-state index in [2.05, 4.69) is 4.98 Å². The van der Waals surface area contributed by atoms with Gasteiger partial charge in [0.15, 0.2) is 5.69 Å². The standard InChI is InChI=1S/C26H32N4O3/c1-4-5-16-29(22-23(27)30(17-18(2)3)26(33)28-24(22)31)25(32)21(19-12-8-6-9-13-19)20-14-10-7-11-15-20/h6-15,18,21H,4-5,16-17,27H2,1-3H3,(H,28,31,33). The first-order valence-corrected chi connectivity index (χ1v) is 11.4. The molecule has 0 radical (unpaired) electrons. The Hall–Kier alpha value is -3.61. The van der Waals surface area contributed by atoms with Gasteiger partial charge in [-0.1, -0.05) is 87.9 Å². The van der Waals surface area contributed by atoms with Crippen molar-refractivity contribution in [2.75, 3.05) is 17.2 Å². The number of aromatic amines is 1. The maximum Gasteiger partial charge on any atom is 0.330 e. The number of carbonyl (C=O) groups excluding carboxylic acids is 1. The Morgan fingerprint density at radius 2 is 1.55 bits per heavy atom. The zero-order valence-corrected chi connectivity index (χ0v) is 19.5. The van der Waals surface area contributed by atoms with Crippen LogP contribution >= 0.6 is 0 Å². The summed E-state index contributed by atoms with van der Waals surface area (Å²) in [5.74, 6) is -0.729. The van der Waals surface area contributed by atoms with Crippen LogP contribution in [0.2, 0.25) is 0 Å². The number of anilines is 2. The molecule has 174 valence electrons. The van der Waals surface area contributed by atoms with Crippen molar-refractivity contribution in [3.8, 4) is 0 Å². The second-order valence-corrected chi connectivity index (χ2v) is 8.60. The second-order valence-electron chi connectivity index (χ2n) is 8.60. The van der Waals surface area contributed by atoms with Gasteiger partial charge in [0.2, 0.25) is 5.91 Å². The summed E-state index contributed by atoms with van der Waals surface area (Å²) in [6, 6.07) is 19.0. The molecular weight excluding hydrogens is 416 g/mol. The van der Waals surface area contributed by atoms with Crippen LogP contribution in [0.1, 0.15) is 50.7 Å². The van der Waals surface area contributed by atoms with Crippen LogP contribution < -0.4 is 21.9 Å². The lowest BCUT2D eigenvalue weighted by atomic mass is 9.89. The van der Waals surface area contributed by atoms with E-state index in [1.54, 1.807) is 0 Å². The van der Waals surface area contributed by atoms with Gasteiger partial charge in [-0.2, -0.15) is 0 Å². The third-order valence-electron chi connectivity index (χ3n) is 5.55. The third kappa shape index (κ3) is 5.42. The molecule has 1 aromatic heterocycles. The number of H-pyrrole nitrogens is 1. The fourth-order valence-corrected chi connectivity index (χ4v) is 3.96. The molecule has 0 atom stereocenters. The highest BCUT2D eigenvalue weighted by Crippen LogP contribution is 2.30. The van der Waals surface area contributed by atoms with E-state index in [0.29, 0.717) is 19.5 Å². The summed E-state index contributed by atoms with van der Waals surface area (Å²) in [7, 11) is 0. The smallest absolute Gasteiger partial charge is 0.330 e. The van der Waals surface area contributed by atoms with Crippen molar-refractivity contribution in [1.29, 1.82) is 0 Å². The minimum atomic E-state index is -0.651. The summed E-state index contributed by atoms with van der Waals surface area (Å²) in [6.45, 7) is 6.58. The van der Waals surface area contributed by atoms with Crippen molar-refractivity contribution in [2.45, 2.75) is 46.1 Å². The lowest BCUT2D eigenvalue weighted by Crippen LogP contribution is -2.44. The van der Waals surface area contributed by atoms with Crippen LogP contribution in [0.5, 0.6) is 0 Å². The molecule has 0 aliphatic carbocycles. The van der Waals surface area contributed by atoms with Crippen molar-refractivity contribution in [1.82, 2.24) is 9.55 Å². The maximum absolute atomic E-state index is 14.1. The van der Waals surface area contributed by atoms with Gasteiger partial charge in [0.1, 0.15) is 5.82 Å². The number of nitrogens with two attached hydrogens (primary N) is 1. The first kappa shape index (κ1) is 24.0. The highest BCUT2D eigenvalue weighted by atomic mass is 16.2. The van der Waals surface area contributed by atoms with E-state index in [1.165, 1.54) is 9.47 Å². The Balaban J connectivity index is 2.19. The van der Waals surface area contributed by atoms with Crippen LogP contribution in [-0.4, -0.2) is 22.0 Å². The SMILES string of the molecule is CCCCN(C(=O)C(c1ccccc1)c1ccccc1)c1c(N)n(CC(C)C)c(=O)[nH]c1=O. The topological polar surface area (TPSA) is 101 Å². The number of benzene rings is 2. The van der Waals surface area contributed by atoms with Gasteiger partial charge in [-0.25, -0.2) is 4.79 Å². The van der Waals surface area contributed by atoms with Gasteiger partial charge < -0.3 is 10.6 Å². The van der Waals surface area contributed by atoms with Crippen molar-refractivity contribution in [3.05, 3.63) is 92.6 Å². The quantitative estimate of drug-likeness (QED) is 0.521. The fraction of sp³-hybridized carbons (Fsp3) is 0.346. The molecule has 0 fully saturated rings. The van der Waals surface area contributed by atoms with Crippen LogP contribution in [0.15, 0.2) is 70.3 Å². The fourth-order valence-electron chi connectivity index (χ4n) is 3.96. The highest BCUT2D eigenvalue weighted by molar-refractivity contribution is 6.01. The molecule has 0 unspecified atom stereocenters. The van der Waals surface area contributed by atoms with Crippen molar-refractivity contribution in [2.24, 2.45) is 5.92 Å². The molecule has 7 nitrogen and oxygen atoms in total. The van der Waals surface area contributed by atoms with E-state index < -0.39 is 17.2 Å². The summed E-state index contributed by atoms with van der Waals surface area (Å²) in [5.41, 5.74) is 6.82. The number of nitrogen functional groups attached to an aromatic ring is 1. The van der Waals surface area contributed by atoms with E-state index in [0.717, 1.165) is 17.5 Å². The Morgan fingerprint density at radius 3 is 2.03 bits per heavy atom. The molecular formula is C26H32N4O3. The number of nitrogens with zero attached hydrogens (tertiary/aromatic N) is 2. The number of nitrogens with one attached hydrogen (secondary N) is 1. The van der Waals surface area contributed by atoms with E-state index in [9.17, 15) is 14.4 Å². The molecule has 0 spiro atoms. The zero-order valence-electron chi connectivity index (χ0n) is 19.5. The molecule has 0 bridgehead atoms. The minimum Gasteiger partial charge on any atom is -0.383 e. The molecule has 7 heteroatoms. The van der Waals surface area contributed by atoms with E-state index >= 15 is 0 Å². The number of aromatic nitrogens is 2. The van der Waals surface area contributed by atoms with Crippen molar-refractivity contribution in [3.63, 3.8) is 0 Å². The van der Waals surface area contributed by atoms with E-state index in [4.69, 9.17) is 5.73 Å². The van der Waals surface area contributed by atoms with Crippen LogP contribution in [0.3, 0.4) is 0 Å². The Morgan fingerprint density at radius 1 is 1.00 bits per heavy atom. The summed E-state index contributed by atoms with van der Waals surface area (Å²) in [5, 5.41) is 0. The van der Waals surface area contributed by atoms with Gasteiger partial charge >= 0.3 is 5.69 Å². The van der Waals surface area contributed by atoms with Crippen LogP contribution in [0.25, 0.3) is 0 Å². The minimum absolute atomic E-state index is 0.0155. The summed E-state index contributed by atoms with van der Waals surface area (Å²) >= 11 is 0. The zero-order chi connectivity index (χ0) is 24.0. The normalized spacial score (nSPS) is 11.2.